The highest BCUT2D eigenvalue weighted by atomic mass is 79.9. The highest BCUT2D eigenvalue weighted by Crippen LogP contribution is 2.23. The molecule has 0 spiro atoms. The SMILES string of the molecule is C[C@]1(CCc2ccccc2)NC(=O)N(/N=C\c2cccc(Br)c2)C1=O. The molecule has 2 aromatic rings. The first-order valence-corrected chi connectivity index (χ1v) is 8.77. The summed E-state index contributed by atoms with van der Waals surface area (Å²) in [4.78, 5) is 24.8. The van der Waals surface area contributed by atoms with Crippen molar-refractivity contribution >= 4 is 34.1 Å². The third-order valence-electron chi connectivity index (χ3n) is 4.17. The molecule has 1 atom stereocenters. The van der Waals surface area contributed by atoms with Gasteiger partial charge in [-0.3, -0.25) is 4.79 Å². The topological polar surface area (TPSA) is 61.8 Å². The molecule has 1 saturated heterocycles. The summed E-state index contributed by atoms with van der Waals surface area (Å²) >= 11 is 3.38. The second-order valence-corrected chi connectivity index (χ2v) is 7.08. The Bertz CT molecular complexity index is 822. The lowest BCUT2D eigenvalue weighted by Crippen LogP contribution is -2.44. The zero-order valence-corrected chi connectivity index (χ0v) is 15.4. The number of imide groups is 1. The number of hydrogen-bond acceptors (Lipinski definition) is 3. The normalized spacial score (nSPS) is 20.3. The summed E-state index contributed by atoms with van der Waals surface area (Å²) in [6.07, 6.45) is 2.72. The van der Waals surface area contributed by atoms with E-state index < -0.39 is 11.6 Å². The molecule has 25 heavy (non-hydrogen) atoms. The molecule has 0 radical (unpaired) electrons. The predicted octanol–water partition coefficient (Wildman–Crippen LogP) is 3.73. The number of urea groups is 1. The molecule has 0 saturated carbocycles. The minimum absolute atomic E-state index is 0.334. The van der Waals surface area contributed by atoms with Crippen LogP contribution < -0.4 is 5.32 Å². The maximum atomic E-state index is 12.7. The zero-order valence-electron chi connectivity index (χ0n) is 13.8. The second kappa shape index (κ2) is 7.19. The van der Waals surface area contributed by atoms with Gasteiger partial charge in [0.25, 0.3) is 5.91 Å². The van der Waals surface area contributed by atoms with Crippen LogP contribution in [-0.2, 0) is 11.2 Å². The van der Waals surface area contributed by atoms with Crippen LogP contribution in [0.4, 0.5) is 4.79 Å². The molecule has 128 valence electrons. The van der Waals surface area contributed by atoms with E-state index in [0.717, 1.165) is 20.6 Å². The minimum Gasteiger partial charge on any atom is -0.322 e. The monoisotopic (exact) mass is 399 g/mol. The van der Waals surface area contributed by atoms with Crippen molar-refractivity contribution in [2.45, 2.75) is 25.3 Å². The summed E-state index contributed by atoms with van der Waals surface area (Å²) in [5, 5.41) is 7.74. The van der Waals surface area contributed by atoms with E-state index in [9.17, 15) is 9.59 Å². The van der Waals surface area contributed by atoms with Gasteiger partial charge in [0.05, 0.1) is 6.21 Å². The molecule has 1 heterocycles. The van der Waals surface area contributed by atoms with Gasteiger partial charge in [0.1, 0.15) is 5.54 Å². The Labute approximate surface area is 154 Å². The van der Waals surface area contributed by atoms with Gasteiger partial charge in [0.15, 0.2) is 0 Å². The van der Waals surface area contributed by atoms with Gasteiger partial charge in [-0.15, -0.1) is 5.01 Å². The Morgan fingerprint density at radius 1 is 1.16 bits per heavy atom. The molecule has 1 fully saturated rings. The van der Waals surface area contributed by atoms with Gasteiger partial charge in [-0.05, 0) is 43.0 Å². The summed E-state index contributed by atoms with van der Waals surface area (Å²) < 4.78 is 0.904. The summed E-state index contributed by atoms with van der Waals surface area (Å²) in [7, 11) is 0. The van der Waals surface area contributed by atoms with E-state index in [2.05, 4.69) is 26.3 Å². The number of aryl methyl sites for hydroxylation is 1. The van der Waals surface area contributed by atoms with Crippen LogP contribution in [0.2, 0.25) is 0 Å². The maximum Gasteiger partial charge on any atom is 0.346 e. The fraction of sp³-hybridized carbons (Fsp3) is 0.211. The van der Waals surface area contributed by atoms with E-state index in [1.807, 2.05) is 54.6 Å². The van der Waals surface area contributed by atoms with E-state index >= 15 is 0 Å². The van der Waals surface area contributed by atoms with Crippen LogP contribution in [0.15, 0.2) is 64.2 Å². The Morgan fingerprint density at radius 3 is 2.64 bits per heavy atom. The molecule has 2 aromatic carbocycles. The molecule has 3 rings (SSSR count). The van der Waals surface area contributed by atoms with Crippen LogP contribution in [0.3, 0.4) is 0 Å². The number of carbonyl (C=O) groups excluding carboxylic acids is 2. The molecule has 0 aromatic heterocycles. The minimum atomic E-state index is -0.943. The molecule has 1 aliphatic rings. The van der Waals surface area contributed by atoms with Gasteiger partial charge < -0.3 is 5.32 Å². The Hall–Kier alpha value is -2.47. The van der Waals surface area contributed by atoms with Gasteiger partial charge in [0.2, 0.25) is 0 Å². The standard InChI is InChI=1S/C19H18BrN3O2/c1-19(11-10-14-6-3-2-4-7-14)17(24)23(18(25)22-19)21-13-15-8-5-9-16(20)12-15/h2-9,12-13H,10-11H2,1H3,(H,22,25)/b21-13-/t19-/m1/s1. The van der Waals surface area contributed by atoms with Crippen molar-refractivity contribution in [3.8, 4) is 0 Å². The van der Waals surface area contributed by atoms with E-state index in [1.54, 1.807) is 6.92 Å². The molecule has 3 amide bonds. The first-order valence-electron chi connectivity index (χ1n) is 7.98. The van der Waals surface area contributed by atoms with Crippen LogP contribution in [0.1, 0.15) is 24.5 Å². The molecule has 1 aliphatic heterocycles. The third-order valence-corrected chi connectivity index (χ3v) is 4.66. The van der Waals surface area contributed by atoms with Gasteiger partial charge in [-0.2, -0.15) is 5.10 Å². The fourth-order valence-electron chi connectivity index (χ4n) is 2.69. The van der Waals surface area contributed by atoms with Gasteiger partial charge in [-0.1, -0.05) is 58.4 Å². The third kappa shape index (κ3) is 3.96. The molecule has 6 heteroatoms. The Morgan fingerprint density at radius 2 is 1.92 bits per heavy atom. The molecular weight excluding hydrogens is 382 g/mol. The van der Waals surface area contributed by atoms with Crippen molar-refractivity contribution in [2.24, 2.45) is 5.10 Å². The lowest BCUT2D eigenvalue weighted by molar-refractivity contribution is -0.130. The summed E-state index contributed by atoms with van der Waals surface area (Å²) in [5.74, 6) is -0.334. The Balaban J connectivity index is 1.70. The van der Waals surface area contributed by atoms with Crippen molar-refractivity contribution < 1.29 is 9.59 Å². The molecule has 1 N–H and O–H groups in total. The highest BCUT2D eigenvalue weighted by Gasteiger charge is 2.47. The number of hydrazone groups is 1. The first kappa shape index (κ1) is 17.4. The van der Waals surface area contributed by atoms with Crippen LogP contribution in [-0.4, -0.2) is 28.7 Å². The predicted molar refractivity (Wildman–Crippen MR) is 100 cm³/mol. The van der Waals surface area contributed by atoms with E-state index in [4.69, 9.17) is 0 Å². The number of nitrogens with zero attached hydrogens (tertiary/aromatic N) is 2. The van der Waals surface area contributed by atoms with Gasteiger partial charge in [-0.25, -0.2) is 4.79 Å². The number of hydrogen-bond donors (Lipinski definition) is 1. The number of rotatable bonds is 5. The zero-order chi connectivity index (χ0) is 17.9. The van der Waals surface area contributed by atoms with Crippen molar-refractivity contribution in [2.75, 3.05) is 0 Å². The highest BCUT2D eigenvalue weighted by molar-refractivity contribution is 9.10. The lowest BCUT2D eigenvalue weighted by atomic mass is 9.93. The van der Waals surface area contributed by atoms with Crippen LogP contribution >= 0.6 is 15.9 Å². The average Bonchev–Trinajstić information content (AvgIpc) is 2.82. The number of amides is 3. The number of benzene rings is 2. The van der Waals surface area contributed by atoms with E-state index in [0.29, 0.717) is 12.8 Å². The molecule has 0 aliphatic carbocycles. The number of halogens is 1. The largest absolute Gasteiger partial charge is 0.346 e. The number of carbonyl (C=O) groups is 2. The smallest absolute Gasteiger partial charge is 0.322 e. The first-order chi connectivity index (χ1) is 12.0. The average molecular weight is 400 g/mol. The van der Waals surface area contributed by atoms with E-state index in [-0.39, 0.29) is 5.91 Å². The van der Waals surface area contributed by atoms with Crippen LogP contribution in [0.5, 0.6) is 0 Å². The van der Waals surface area contributed by atoms with E-state index in [1.165, 1.54) is 6.21 Å². The van der Waals surface area contributed by atoms with Gasteiger partial charge >= 0.3 is 6.03 Å². The molecular formula is C19H18BrN3O2. The summed E-state index contributed by atoms with van der Waals surface area (Å²) in [5.41, 5.74) is 0.983. The second-order valence-electron chi connectivity index (χ2n) is 6.16. The molecule has 0 unspecified atom stereocenters. The molecule has 0 bridgehead atoms. The van der Waals surface area contributed by atoms with Crippen molar-refractivity contribution in [3.63, 3.8) is 0 Å². The lowest BCUT2D eigenvalue weighted by Gasteiger charge is -2.20. The fourth-order valence-corrected chi connectivity index (χ4v) is 3.11. The molecule has 5 nitrogen and oxygen atoms in total. The van der Waals surface area contributed by atoms with Gasteiger partial charge in [0, 0.05) is 4.47 Å². The van der Waals surface area contributed by atoms with Crippen molar-refractivity contribution in [3.05, 3.63) is 70.2 Å². The summed E-state index contributed by atoms with van der Waals surface area (Å²) in [6.45, 7) is 1.74. The Kier molecular flexibility index (Phi) is 4.99. The van der Waals surface area contributed by atoms with Crippen molar-refractivity contribution in [1.29, 1.82) is 0 Å². The quantitative estimate of drug-likeness (QED) is 0.614. The summed E-state index contributed by atoms with van der Waals surface area (Å²) in [6, 6.07) is 16.9. The maximum absolute atomic E-state index is 12.7. The number of nitrogens with one attached hydrogen (secondary N) is 1. The van der Waals surface area contributed by atoms with Crippen LogP contribution in [0.25, 0.3) is 0 Å². The van der Waals surface area contributed by atoms with Crippen molar-refractivity contribution in [1.82, 2.24) is 10.3 Å². The van der Waals surface area contributed by atoms with Crippen LogP contribution in [0, 0.1) is 0 Å².